The second-order valence-electron chi connectivity index (χ2n) is 7.90. The van der Waals surface area contributed by atoms with Crippen molar-refractivity contribution >= 4 is 35.8 Å². The summed E-state index contributed by atoms with van der Waals surface area (Å²) in [7, 11) is 1.78. The summed E-state index contributed by atoms with van der Waals surface area (Å²) in [6.45, 7) is 6.69. The van der Waals surface area contributed by atoms with Gasteiger partial charge in [-0.15, -0.1) is 24.0 Å². The number of nitrogens with zero attached hydrogens (tertiary/aromatic N) is 5. The first-order valence-corrected chi connectivity index (χ1v) is 11.0. The monoisotopic (exact) mass is 561 g/mol. The number of nitrogens with one attached hydrogen (secondary N) is 2. The van der Waals surface area contributed by atoms with E-state index in [1.165, 1.54) is 11.1 Å². The van der Waals surface area contributed by atoms with Gasteiger partial charge in [-0.1, -0.05) is 30.3 Å². The summed E-state index contributed by atoms with van der Waals surface area (Å²) in [5.74, 6) is 1.75. The Morgan fingerprint density at radius 1 is 1.12 bits per heavy atom. The van der Waals surface area contributed by atoms with Gasteiger partial charge in [0.05, 0.1) is 19.3 Å². The van der Waals surface area contributed by atoms with Crippen LogP contribution in [0.1, 0.15) is 23.6 Å². The third-order valence-corrected chi connectivity index (χ3v) is 5.51. The van der Waals surface area contributed by atoms with Gasteiger partial charge in [-0.3, -0.25) is 9.67 Å². The van der Waals surface area contributed by atoms with E-state index < -0.39 is 0 Å². The third kappa shape index (κ3) is 7.16. The molecule has 1 atom stereocenters. The molecule has 33 heavy (non-hydrogen) atoms. The molecule has 0 spiro atoms. The highest BCUT2D eigenvalue weighted by molar-refractivity contribution is 14.0. The highest BCUT2D eigenvalue weighted by Gasteiger charge is 2.17. The topological polar surface area (TPSA) is 79.6 Å². The van der Waals surface area contributed by atoms with E-state index in [0.29, 0.717) is 13.1 Å². The fraction of sp³-hybridized carbons (Fsp3) is 0.375. The summed E-state index contributed by atoms with van der Waals surface area (Å²) in [6, 6.07) is 14.5. The van der Waals surface area contributed by atoms with Crippen molar-refractivity contribution in [3.8, 4) is 0 Å². The first kappa shape index (κ1) is 25.0. The molecule has 4 rings (SSSR count). The number of hydrogen-bond donors (Lipinski definition) is 2. The molecule has 2 aromatic heterocycles. The van der Waals surface area contributed by atoms with E-state index in [9.17, 15) is 0 Å². The van der Waals surface area contributed by atoms with Gasteiger partial charge in [0.1, 0.15) is 5.82 Å². The van der Waals surface area contributed by atoms with Crippen molar-refractivity contribution in [2.75, 3.05) is 31.6 Å². The van der Waals surface area contributed by atoms with E-state index in [-0.39, 0.29) is 30.1 Å². The van der Waals surface area contributed by atoms with Gasteiger partial charge in [-0.25, -0.2) is 4.98 Å². The van der Waals surface area contributed by atoms with E-state index in [2.05, 4.69) is 73.9 Å². The van der Waals surface area contributed by atoms with Crippen LogP contribution in [-0.4, -0.2) is 53.6 Å². The summed E-state index contributed by atoms with van der Waals surface area (Å²) in [5.41, 5.74) is 3.56. The van der Waals surface area contributed by atoms with Crippen LogP contribution in [0.5, 0.6) is 0 Å². The molecule has 0 radical (unpaired) electrons. The maximum atomic E-state index is 5.61. The molecule has 8 nitrogen and oxygen atoms in total. The number of hydrogen-bond acceptors (Lipinski definition) is 5. The number of morpholine rings is 1. The van der Waals surface area contributed by atoms with Crippen molar-refractivity contribution in [1.29, 1.82) is 0 Å². The minimum Gasteiger partial charge on any atom is -0.375 e. The molecule has 1 aliphatic heterocycles. The zero-order valence-corrected chi connectivity index (χ0v) is 21.5. The fourth-order valence-electron chi connectivity index (χ4n) is 3.77. The maximum Gasteiger partial charge on any atom is 0.191 e. The Morgan fingerprint density at radius 2 is 1.94 bits per heavy atom. The Labute approximate surface area is 212 Å². The molecule has 1 saturated heterocycles. The molecule has 0 amide bonds. The number of anilines is 1. The van der Waals surface area contributed by atoms with E-state index in [1.54, 1.807) is 13.2 Å². The number of aromatic nitrogens is 3. The number of aliphatic imine (C=N–C) groups is 1. The molecule has 0 bridgehead atoms. The zero-order chi connectivity index (χ0) is 22.2. The Bertz CT molecular complexity index is 1010. The lowest BCUT2D eigenvalue weighted by molar-refractivity contribution is 0.0529. The van der Waals surface area contributed by atoms with E-state index in [4.69, 9.17) is 4.74 Å². The van der Waals surface area contributed by atoms with E-state index in [1.807, 2.05) is 23.1 Å². The SMILES string of the molecule is CN=C(NCc1ccc(N2CCOC(C)C2)nc1)NCc1ccccc1Cn1cccn1.I. The van der Waals surface area contributed by atoms with Crippen LogP contribution >= 0.6 is 24.0 Å². The van der Waals surface area contributed by atoms with Crippen LogP contribution < -0.4 is 15.5 Å². The van der Waals surface area contributed by atoms with Crippen molar-refractivity contribution < 1.29 is 4.74 Å². The molecule has 1 aromatic carbocycles. The average molecular weight is 561 g/mol. The maximum absolute atomic E-state index is 5.61. The number of benzene rings is 1. The summed E-state index contributed by atoms with van der Waals surface area (Å²) in [6.07, 6.45) is 5.94. The van der Waals surface area contributed by atoms with Crippen molar-refractivity contribution in [2.24, 2.45) is 4.99 Å². The van der Waals surface area contributed by atoms with Gasteiger partial charge < -0.3 is 20.3 Å². The highest BCUT2D eigenvalue weighted by Crippen LogP contribution is 2.15. The Kier molecular flexibility index (Phi) is 9.49. The first-order chi connectivity index (χ1) is 15.7. The molecule has 3 aromatic rings. The van der Waals surface area contributed by atoms with Gasteiger partial charge >= 0.3 is 0 Å². The number of halogens is 1. The molecule has 1 unspecified atom stereocenters. The molecule has 1 fully saturated rings. The van der Waals surface area contributed by atoms with Gasteiger partial charge in [-0.2, -0.15) is 5.10 Å². The van der Waals surface area contributed by atoms with Gasteiger partial charge in [0.15, 0.2) is 5.96 Å². The van der Waals surface area contributed by atoms with Gasteiger partial charge in [0, 0.05) is 51.8 Å². The quantitative estimate of drug-likeness (QED) is 0.263. The lowest BCUT2D eigenvalue weighted by Crippen LogP contribution is -2.41. The van der Waals surface area contributed by atoms with Crippen LogP contribution in [0.2, 0.25) is 0 Å². The predicted molar refractivity (Wildman–Crippen MR) is 142 cm³/mol. The minimum absolute atomic E-state index is 0. The van der Waals surface area contributed by atoms with E-state index >= 15 is 0 Å². The summed E-state index contributed by atoms with van der Waals surface area (Å²) in [5, 5.41) is 11.1. The molecule has 0 saturated carbocycles. The first-order valence-electron chi connectivity index (χ1n) is 11.0. The lowest BCUT2D eigenvalue weighted by atomic mass is 10.1. The van der Waals surface area contributed by atoms with Crippen LogP contribution in [0.3, 0.4) is 0 Å². The van der Waals surface area contributed by atoms with Crippen LogP contribution in [0.4, 0.5) is 5.82 Å². The van der Waals surface area contributed by atoms with Crippen LogP contribution in [0, 0.1) is 0 Å². The number of ether oxygens (including phenoxy) is 1. The smallest absolute Gasteiger partial charge is 0.191 e. The molecular formula is C24H32IN7O. The summed E-state index contributed by atoms with van der Waals surface area (Å²) < 4.78 is 7.55. The second-order valence-corrected chi connectivity index (χ2v) is 7.90. The fourth-order valence-corrected chi connectivity index (χ4v) is 3.77. The van der Waals surface area contributed by atoms with Crippen LogP contribution in [0.25, 0.3) is 0 Å². The Balaban J connectivity index is 0.00000306. The molecule has 176 valence electrons. The van der Waals surface area contributed by atoms with Crippen molar-refractivity contribution in [3.05, 3.63) is 77.7 Å². The molecule has 3 heterocycles. The average Bonchev–Trinajstić information content (AvgIpc) is 3.34. The normalized spacial score (nSPS) is 16.2. The third-order valence-electron chi connectivity index (χ3n) is 5.51. The standard InChI is InChI=1S/C24H31N7O.HI/c1-19-17-30(12-13-32-19)23-9-8-20(14-26-23)15-27-24(25-2)28-16-21-6-3-4-7-22(21)18-31-11-5-10-29-31;/h3-11,14,19H,12-13,15-18H2,1-2H3,(H2,25,27,28);1H. The highest BCUT2D eigenvalue weighted by atomic mass is 127. The Hall–Kier alpha value is -2.66. The Morgan fingerprint density at radius 3 is 2.64 bits per heavy atom. The molecular weight excluding hydrogens is 529 g/mol. The number of guanidine groups is 1. The summed E-state index contributed by atoms with van der Waals surface area (Å²) >= 11 is 0. The number of rotatable bonds is 7. The minimum atomic E-state index is 0. The van der Waals surface area contributed by atoms with Gasteiger partial charge in [0.2, 0.25) is 0 Å². The molecule has 1 aliphatic rings. The van der Waals surface area contributed by atoms with Gasteiger partial charge in [0.25, 0.3) is 0 Å². The molecule has 2 N–H and O–H groups in total. The summed E-state index contributed by atoms with van der Waals surface area (Å²) in [4.78, 5) is 11.3. The zero-order valence-electron chi connectivity index (χ0n) is 19.1. The van der Waals surface area contributed by atoms with Gasteiger partial charge in [-0.05, 0) is 35.7 Å². The predicted octanol–water partition coefficient (Wildman–Crippen LogP) is 3.03. The number of pyridine rings is 1. The van der Waals surface area contributed by atoms with Crippen molar-refractivity contribution in [2.45, 2.75) is 32.7 Å². The van der Waals surface area contributed by atoms with Crippen molar-refractivity contribution in [3.63, 3.8) is 0 Å². The van der Waals surface area contributed by atoms with Crippen LogP contribution in [-0.2, 0) is 24.4 Å². The molecule has 0 aliphatic carbocycles. The largest absolute Gasteiger partial charge is 0.375 e. The van der Waals surface area contributed by atoms with Crippen molar-refractivity contribution in [1.82, 2.24) is 25.4 Å². The lowest BCUT2D eigenvalue weighted by Gasteiger charge is -2.32. The second kappa shape index (κ2) is 12.5. The van der Waals surface area contributed by atoms with E-state index in [0.717, 1.165) is 43.6 Å². The van der Waals surface area contributed by atoms with Crippen LogP contribution in [0.15, 0.2) is 66.0 Å². The molecule has 9 heteroatoms.